The quantitative estimate of drug-likeness (QED) is 0.186. The van der Waals surface area contributed by atoms with Gasteiger partial charge in [-0.15, -0.1) is 11.3 Å². The van der Waals surface area contributed by atoms with Crippen LogP contribution >= 0.6 is 11.3 Å². The predicted octanol–water partition coefficient (Wildman–Crippen LogP) is 12.8. The molecule has 1 nitrogen and oxygen atoms in total. The first kappa shape index (κ1) is 24.6. The molecule has 0 spiro atoms. The van der Waals surface area contributed by atoms with Gasteiger partial charge >= 0.3 is 0 Å². The van der Waals surface area contributed by atoms with Crippen LogP contribution in [0.1, 0.15) is 0 Å². The highest BCUT2D eigenvalue weighted by molar-refractivity contribution is 7.26. The number of para-hydroxylation sites is 1. The van der Waals surface area contributed by atoms with Gasteiger partial charge in [-0.3, -0.25) is 0 Å². The molecule has 0 aliphatic heterocycles. The van der Waals surface area contributed by atoms with Gasteiger partial charge in [-0.25, -0.2) is 0 Å². The predicted molar refractivity (Wildman–Crippen MR) is 199 cm³/mol. The van der Waals surface area contributed by atoms with Crippen molar-refractivity contribution in [1.82, 2.24) is 4.57 Å². The Kier molecular flexibility index (Phi) is 4.78. The third-order valence-corrected chi connectivity index (χ3v) is 11.3. The molecule has 1 aliphatic carbocycles. The van der Waals surface area contributed by atoms with Crippen LogP contribution in [-0.4, -0.2) is 4.57 Å². The third-order valence-electron chi connectivity index (χ3n) is 10.1. The van der Waals surface area contributed by atoms with E-state index >= 15 is 0 Å². The van der Waals surface area contributed by atoms with Crippen molar-refractivity contribution in [3.63, 3.8) is 0 Å². The number of thiophene rings is 1. The Labute approximate surface area is 269 Å². The summed E-state index contributed by atoms with van der Waals surface area (Å²) < 4.78 is 5.16. The Balaban J connectivity index is 1.11. The van der Waals surface area contributed by atoms with E-state index in [1.165, 1.54) is 103 Å². The number of hydrogen-bond acceptors (Lipinski definition) is 1. The summed E-state index contributed by atoms with van der Waals surface area (Å²) >= 11 is 1.90. The topological polar surface area (TPSA) is 4.93 Å². The molecule has 0 N–H and O–H groups in total. The van der Waals surface area contributed by atoms with Gasteiger partial charge < -0.3 is 4.57 Å². The summed E-state index contributed by atoms with van der Waals surface area (Å²) in [6, 6.07) is 56.4. The Morgan fingerprint density at radius 2 is 1.09 bits per heavy atom. The monoisotopic (exact) mass is 599 g/mol. The van der Waals surface area contributed by atoms with Crippen molar-refractivity contribution >= 4 is 74.9 Å². The maximum atomic E-state index is 2.48. The Morgan fingerprint density at radius 1 is 0.413 bits per heavy atom. The standard InChI is InChI=1S/C44H25NS/c1-2-9-32-31(8-1)36-13-7-12-35-30(20-21-37(32)42(35)36)28-17-16-27-25-29(19-18-26(27)24-28)45-40-14-5-3-10-33(40)38-22-23-39-34-11-4-6-15-41(34)46-44(39)43(38)45/h1-25H. The van der Waals surface area contributed by atoms with Crippen molar-refractivity contribution in [1.29, 1.82) is 0 Å². The van der Waals surface area contributed by atoms with E-state index in [-0.39, 0.29) is 0 Å². The molecule has 0 unspecified atom stereocenters. The lowest BCUT2D eigenvalue weighted by molar-refractivity contribution is 1.19. The summed E-state index contributed by atoms with van der Waals surface area (Å²) in [4.78, 5) is 0. The van der Waals surface area contributed by atoms with Gasteiger partial charge in [0.2, 0.25) is 0 Å². The van der Waals surface area contributed by atoms with Crippen LogP contribution < -0.4 is 0 Å². The molecule has 0 fully saturated rings. The van der Waals surface area contributed by atoms with Gasteiger partial charge in [-0.1, -0.05) is 121 Å². The van der Waals surface area contributed by atoms with Crippen molar-refractivity contribution in [2.24, 2.45) is 0 Å². The van der Waals surface area contributed by atoms with Gasteiger partial charge in [0, 0.05) is 31.9 Å². The number of rotatable bonds is 2. The summed E-state index contributed by atoms with van der Waals surface area (Å²) in [5.41, 5.74) is 11.6. The van der Waals surface area contributed by atoms with Crippen LogP contribution in [0, 0.1) is 0 Å². The second-order valence-corrected chi connectivity index (χ2v) is 13.5. The molecule has 10 aromatic rings. The fourth-order valence-corrected chi connectivity index (χ4v) is 9.34. The fraction of sp³-hybridized carbons (Fsp3) is 0. The molecule has 0 saturated heterocycles. The second kappa shape index (κ2) is 8.94. The molecule has 2 aromatic heterocycles. The van der Waals surface area contributed by atoms with E-state index in [9.17, 15) is 0 Å². The van der Waals surface area contributed by atoms with Crippen LogP contribution in [0.25, 0.3) is 103 Å². The smallest absolute Gasteiger partial charge is 0.0719 e. The summed E-state index contributed by atoms with van der Waals surface area (Å²) in [5, 5.41) is 10.4. The highest BCUT2D eigenvalue weighted by atomic mass is 32.1. The number of fused-ring (bicyclic) bond motifs is 11. The largest absolute Gasteiger partial charge is 0.308 e. The van der Waals surface area contributed by atoms with Crippen LogP contribution in [-0.2, 0) is 0 Å². The minimum absolute atomic E-state index is 1.19. The Hall–Kier alpha value is -5.70. The average molecular weight is 600 g/mol. The second-order valence-electron chi connectivity index (χ2n) is 12.5. The molecular weight excluding hydrogens is 575 g/mol. The zero-order valence-electron chi connectivity index (χ0n) is 24.8. The number of nitrogens with zero attached hydrogens (tertiary/aromatic N) is 1. The van der Waals surface area contributed by atoms with Crippen molar-refractivity contribution in [2.45, 2.75) is 0 Å². The normalized spacial score (nSPS) is 12.3. The fourth-order valence-electron chi connectivity index (χ4n) is 8.10. The molecule has 0 atom stereocenters. The van der Waals surface area contributed by atoms with Crippen LogP contribution in [0.2, 0.25) is 0 Å². The molecule has 2 heteroatoms. The summed E-state index contributed by atoms with van der Waals surface area (Å²) in [6.07, 6.45) is 0. The van der Waals surface area contributed by atoms with Gasteiger partial charge in [-0.2, -0.15) is 0 Å². The molecule has 0 amide bonds. The Morgan fingerprint density at radius 3 is 2.00 bits per heavy atom. The molecule has 0 saturated carbocycles. The van der Waals surface area contributed by atoms with E-state index in [4.69, 9.17) is 0 Å². The molecule has 46 heavy (non-hydrogen) atoms. The molecule has 212 valence electrons. The highest BCUT2D eigenvalue weighted by Gasteiger charge is 2.22. The summed E-state index contributed by atoms with van der Waals surface area (Å²) in [7, 11) is 0. The number of aromatic nitrogens is 1. The maximum Gasteiger partial charge on any atom is 0.0719 e. The number of hydrogen-bond donors (Lipinski definition) is 0. The minimum Gasteiger partial charge on any atom is -0.308 e. The van der Waals surface area contributed by atoms with Crippen LogP contribution in [0.3, 0.4) is 0 Å². The highest BCUT2D eigenvalue weighted by Crippen LogP contribution is 2.49. The first-order valence-corrected chi connectivity index (χ1v) is 16.7. The molecule has 1 aliphatic rings. The molecule has 0 radical (unpaired) electrons. The lowest BCUT2D eigenvalue weighted by Gasteiger charge is -2.12. The first-order valence-electron chi connectivity index (χ1n) is 15.9. The van der Waals surface area contributed by atoms with Crippen LogP contribution in [0.4, 0.5) is 0 Å². The van der Waals surface area contributed by atoms with Gasteiger partial charge in [0.25, 0.3) is 0 Å². The third kappa shape index (κ3) is 3.19. The van der Waals surface area contributed by atoms with Gasteiger partial charge in [0.1, 0.15) is 0 Å². The molecule has 0 bridgehead atoms. The van der Waals surface area contributed by atoms with Crippen molar-refractivity contribution in [2.75, 3.05) is 0 Å². The lowest BCUT2D eigenvalue weighted by atomic mass is 9.93. The van der Waals surface area contributed by atoms with Crippen LogP contribution in [0.5, 0.6) is 0 Å². The van der Waals surface area contributed by atoms with E-state index < -0.39 is 0 Å². The van der Waals surface area contributed by atoms with E-state index in [2.05, 4.69) is 156 Å². The summed E-state index contributed by atoms with van der Waals surface area (Å²) in [5.74, 6) is 0. The molecule has 2 heterocycles. The van der Waals surface area contributed by atoms with Gasteiger partial charge in [0.05, 0.1) is 15.7 Å². The van der Waals surface area contributed by atoms with E-state index in [0.29, 0.717) is 0 Å². The zero-order valence-corrected chi connectivity index (χ0v) is 25.6. The maximum absolute atomic E-state index is 2.48. The first-order chi connectivity index (χ1) is 22.8. The molecule has 8 aromatic carbocycles. The van der Waals surface area contributed by atoms with Gasteiger partial charge in [0.15, 0.2) is 0 Å². The van der Waals surface area contributed by atoms with Crippen molar-refractivity contribution in [3.8, 4) is 39.1 Å². The van der Waals surface area contributed by atoms with E-state index in [1.54, 1.807) is 0 Å². The zero-order chi connectivity index (χ0) is 29.9. The van der Waals surface area contributed by atoms with Crippen molar-refractivity contribution in [3.05, 3.63) is 152 Å². The van der Waals surface area contributed by atoms with Crippen LogP contribution in [0.15, 0.2) is 152 Å². The van der Waals surface area contributed by atoms with Gasteiger partial charge in [-0.05, 0) is 85.3 Å². The average Bonchev–Trinajstić information content (AvgIpc) is 3.77. The SMILES string of the molecule is c1ccc2c(c1)-c1cccc3c(-c4ccc5cc(-n6c7ccccc7c7ccc8c9ccccc9sc8c76)ccc5c4)ccc-2c13. The van der Waals surface area contributed by atoms with E-state index in [0.717, 1.165) is 0 Å². The molecule has 11 rings (SSSR count). The Bertz CT molecular complexity index is 2890. The summed E-state index contributed by atoms with van der Waals surface area (Å²) in [6.45, 7) is 0. The minimum atomic E-state index is 1.19. The number of benzene rings is 8. The molecular formula is C44H25NS. The van der Waals surface area contributed by atoms with E-state index in [1.807, 2.05) is 11.3 Å². The lowest BCUT2D eigenvalue weighted by Crippen LogP contribution is -1.94. The van der Waals surface area contributed by atoms with Crippen molar-refractivity contribution < 1.29 is 0 Å².